The minimum absolute atomic E-state index is 0.259. The number of thiazole rings is 1. The van der Waals surface area contributed by atoms with Crippen LogP contribution in [0.1, 0.15) is 10.5 Å². The molecule has 6 heteroatoms. The second-order valence-corrected chi connectivity index (χ2v) is 4.15. The van der Waals surface area contributed by atoms with Gasteiger partial charge in [0.05, 0.1) is 16.5 Å². The van der Waals surface area contributed by atoms with Gasteiger partial charge in [0.25, 0.3) is 5.91 Å². The fraction of sp³-hybridized carbons (Fsp3) is 0. The first-order valence-corrected chi connectivity index (χ1v) is 5.91. The van der Waals surface area contributed by atoms with Gasteiger partial charge in [0, 0.05) is 5.38 Å². The number of fused-ring (bicyclic) bond motifs is 1. The summed E-state index contributed by atoms with van der Waals surface area (Å²) in [4.78, 5) is 22.9. The maximum atomic E-state index is 11.7. The van der Waals surface area contributed by atoms with Crippen molar-refractivity contribution in [3.63, 3.8) is 0 Å². The van der Waals surface area contributed by atoms with E-state index in [1.807, 2.05) is 24.3 Å². The number of anilines is 1. The van der Waals surface area contributed by atoms with Crippen LogP contribution in [0.5, 0.6) is 0 Å². The molecule has 2 aromatic heterocycles. The SMILES string of the molecule is O=C(Nc1nc2ccccc2[nH]1)c1cscn1. The summed E-state index contributed by atoms with van der Waals surface area (Å²) in [5.74, 6) is 0.175. The number of nitrogens with zero attached hydrogens (tertiary/aromatic N) is 2. The molecule has 5 nitrogen and oxygen atoms in total. The van der Waals surface area contributed by atoms with Crippen LogP contribution in [0.25, 0.3) is 11.0 Å². The van der Waals surface area contributed by atoms with Crippen LogP contribution in [0.3, 0.4) is 0 Å². The topological polar surface area (TPSA) is 70.7 Å². The Bertz CT molecular complexity index is 626. The molecule has 3 aromatic rings. The van der Waals surface area contributed by atoms with Gasteiger partial charge >= 0.3 is 0 Å². The number of hydrogen-bond donors (Lipinski definition) is 2. The lowest BCUT2D eigenvalue weighted by atomic mass is 10.3. The predicted octanol–water partition coefficient (Wildman–Crippen LogP) is 2.27. The largest absolute Gasteiger partial charge is 0.324 e. The van der Waals surface area contributed by atoms with E-state index in [2.05, 4.69) is 20.3 Å². The molecule has 0 bridgehead atoms. The van der Waals surface area contributed by atoms with Crippen molar-refractivity contribution in [2.45, 2.75) is 0 Å². The highest BCUT2D eigenvalue weighted by Gasteiger charge is 2.10. The van der Waals surface area contributed by atoms with E-state index >= 15 is 0 Å². The molecule has 1 amide bonds. The standard InChI is InChI=1S/C11H8N4OS/c16-10(9-5-17-6-12-9)15-11-13-7-3-1-2-4-8(7)14-11/h1-6H,(H2,13,14,15,16). The molecule has 0 fully saturated rings. The van der Waals surface area contributed by atoms with Gasteiger partial charge in [-0.2, -0.15) is 0 Å². The Balaban J connectivity index is 1.88. The third-order valence-corrected chi connectivity index (χ3v) is 2.87. The normalized spacial score (nSPS) is 10.6. The zero-order valence-corrected chi connectivity index (χ0v) is 9.49. The number of H-pyrrole nitrogens is 1. The van der Waals surface area contributed by atoms with Crippen molar-refractivity contribution < 1.29 is 4.79 Å². The van der Waals surface area contributed by atoms with Crippen molar-refractivity contribution >= 4 is 34.2 Å². The Morgan fingerprint density at radius 2 is 2.24 bits per heavy atom. The summed E-state index contributed by atoms with van der Waals surface area (Å²) in [7, 11) is 0. The summed E-state index contributed by atoms with van der Waals surface area (Å²) in [5.41, 5.74) is 3.73. The van der Waals surface area contributed by atoms with Crippen molar-refractivity contribution in [2.24, 2.45) is 0 Å². The summed E-state index contributed by atoms with van der Waals surface area (Å²) in [6.07, 6.45) is 0. The molecular weight excluding hydrogens is 236 g/mol. The van der Waals surface area contributed by atoms with E-state index in [0.29, 0.717) is 11.6 Å². The molecule has 1 aromatic carbocycles. The highest BCUT2D eigenvalue weighted by Crippen LogP contribution is 2.14. The number of para-hydroxylation sites is 2. The second kappa shape index (κ2) is 3.99. The first-order valence-electron chi connectivity index (χ1n) is 4.97. The first-order chi connectivity index (χ1) is 8.33. The number of carbonyl (C=O) groups excluding carboxylic acids is 1. The lowest BCUT2D eigenvalue weighted by Crippen LogP contribution is -2.13. The molecule has 0 aliphatic rings. The molecule has 0 saturated heterocycles. The zero-order valence-electron chi connectivity index (χ0n) is 8.68. The van der Waals surface area contributed by atoms with Crippen LogP contribution in [0.4, 0.5) is 5.95 Å². The van der Waals surface area contributed by atoms with Gasteiger partial charge in [-0.05, 0) is 12.1 Å². The van der Waals surface area contributed by atoms with Crippen molar-refractivity contribution in [1.82, 2.24) is 15.0 Å². The lowest BCUT2D eigenvalue weighted by molar-refractivity contribution is 0.102. The highest BCUT2D eigenvalue weighted by atomic mass is 32.1. The molecule has 0 aliphatic carbocycles. The molecule has 2 heterocycles. The quantitative estimate of drug-likeness (QED) is 0.726. The average Bonchev–Trinajstić information content (AvgIpc) is 2.97. The van der Waals surface area contributed by atoms with Gasteiger partial charge in [-0.3, -0.25) is 10.1 Å². The van der Waals surface area contributed by atoms with E-state index in [4.69, 9.17) is 0 Å². The molecule has 17 heavy (non-hydrogen) atoms. The fourth-order valence-electron chi connectivity index (χ4n) is 1.51. The third-order valence-electron chi connectivity index (χ3n) is 2.29. The molecule has 0 unspecified atom stereocenters. The van der Waals surface area contributed by atoms with E-state index in [1.165, 1.54) is 11.3 Å². The van der Waals surface area contributed by atoms with Crippen LogP contribution in [0, 0.1) is 0 Å². The van der Waals surface area contributed by atoms with E-state index in [1.54, 1.807) is 10.9 Å². The van der Waals surface area contributed by atoms with Gasteiger partial charge in [-0.1, -0.05) is 12.1 Å². The van der Waals surface area contributed by atoms with Crippen LogP contribution < -0.4 is 5.32 Å². The van der Waals surface area contributed by atoms with Crippen molar-refractivity contribution in [1.29, 1.82) is 0 Å². The second-order valence-electron chi connectivity index (χ2n) is 3.43. The minimum Gasteiger partial charge on any atom is -0.324 e. The number of hydrogen-bond acceptors (Lipinski definition) is 4. The third kappa shape index (κ3) is 1.90. The van der Waals surface area contributed by atoms with Gasteiger partial charge in [-0.25, -0.2) is 9.97 Å². The predicted molar refractivity (Wildman–Crippen MR) is 66.2 cm³/mol. The fourth-order valence-corrected chi connectivity index (χ4v) is 2.04. The summed E-state index contributed by atoms with van der Waals surface area (Å²) in [6.45, 7) is 0. The Labute approximate surface area is 101 Å². The Morgan fingerprint density at radius 1 is 1.35 bits per heavy atom. The van der Waals surface area contributed by atoms with Crippen molar-refractivity contribution in [3.8, 4) is 0 Å². The molecular formula is C11H8N4OS. The number of benzene rings is 1. The Hall–Kier alpha value is -2.21. The molecule has 0 atom stereocenters. The van der Waals surface area contributed by atoms with Crippen LogP contribution in [0.2, 0.25) is 0 Å². The molecule has 0 radical (unpaired) electrons. The molecule has 2 N–H and O–H groups in total. The monoisotopic (exact) mass is 244 g/mol. The maximum absolute atomic E-state index is 11.7. The van der Waals surface area contributed by atoms with Gasteiger partial charge in [0.2, 0.25) is 5.95 Å². The number of amides is 1. The van der Waals surface area contributed by atoms with E-state index in [0.717, 1.165) is 11.0 Å². The molecule has 0 aliphatic heterocycles. The summed E-state index contributed by atoms with van der Waals surface area (Å²) < 4.78 is 0. The number of aromatic amines is 1. The lowest BCUT2D eigenvalue weighted by Gasteiger charge is -1.96. The van der Waals surface area contributed by atoms with E-state index in [-0.39, 0.29) is 5.91 Å². The van der Waals surface area contributed by atoms with Gasteiger partial charge in [-0.15, -0.1) is 11.3 Å². The average molecular weight is 244 g/mol. The van der Waals surface area contributed by atoms with Gasteiger partial charge in [0.1, 0.15) is 5.69 Å². The first kappa shape index (κ1) is 9.98. The minimum atomic E-state index is -0.259. The number of carbonyl (C=O) groups is 1. The van der Waals surface area contributed by atoms with E-state index < -0.39 is 0 Å². The van der Waals surface area contributed by atoms with E-state index in [9.17, 15) is 4.79 Å². The van der Waals surface area contributed by atoms with Crippen molar-refractivity contribution in [2.75, 3.05) is 5.32 Å². The summed E-state index contributed by atoms with van der Waals surface area (Å²) >= 11 is 1.38. The van der Waals surface area contributed by atoms with Crippen LogP contribution in [-0.2, 0) is 0 Å². The number of nitrogens with one attached hydrogen (secondary N) is 2. The van der Waals surface area contributed by atoms with Crippen LogP contribution in [0.15, 0.2) is 35.2 Å². The number of rotatable bonds is 2. The summed E-state index contributed by atoms with van der Waals surface area (Å²) in [5, 5.41) is 4.36. The van der Waals surface area contributed by atoms with Gasteiger partial charge in [0.15, 0.2) is 0 Å². The molecule has 3 rings (SSSR count). The van der Waals surface area contributed by atoms with Crippen molar-refractivity contribution in [3.05, 3.63) is 40.8 Å². The Morgan fingerprint density at radius 3 is 3.00 bits per heavy atom. The summed E-state index contributed by atoms with van der Waals surface area (Å²) in [6, 6.07) is 7.59. The molecule has 0 spiro atoms. The zero-order chi connectivity index (χ0) is 11.7. The highest BCUT2D eigenvalue weighted by molar-refractivity contribution is 7.07. The molecule has 84 valence electrons. The Kier molecular flexibility index (Phi) is 2.34. The number of imidazole rings is 1. The van der Waals surface area contributed by atoms with Crippen LogP contribution >= 0.6 is 11.3 Å². The van der Waals surface area contributed by atoms with Gasteiger partial charge < -0.3 is 4.98 Å². The number of aromatic nitrogens is 3. The van der Waals surface area contributed by atoms with Crippen LogP contribution in [-0.4, -0.2) is 20.9 Å². The maximum Gasteiger partial charge on any atom is 0.277 e. The smallest absolute Gasteiger partial charge is 0.277 e. The molecule has 0 saturated carbocycles.